The van der Waals surface area contributed by atoms with E-state index in [0.717, 1.165) is 41.8 Å². The monoisotopic (exact) mass is 505 g/mol. The molecule has 0 aliphatic heterocycles. The second kappa shape index (κ2) is 11.2. The van der Waals surface area contributed by atoms with E-state index in [1.807, 2.05) is 30.3 Å². The summed E-state index contributed by atoms with van der Waals surface area (Å²) in [6, 6.07) is 17.0. The largest absolute Gasteiger partial charge is 0.341 e. The Morgan fingerprint density at radius 3 is 2.75 bits per heavy atom. The fourth-order valence-electron chi connectivity index (χ4n) is 4.67. The van der Waals surface area contributed by atoms with Crippen molar-refractivity contribution in [2.45, 2.75) is 50.1 Å². The number of anilines is 1. The van der Waals surface area contributed by atoms with E-state index < -0.39 is 15.4 Å². The Labute approximate surface area is 211 Å². The van der Waals surface area contributed by atoms with Crippen molar-refractivity contribution in [3.8, 4) is 0 Å². The van der Waals surface area contributed by atoms with E-state index in [-0.39, 0.29) is 6.04 Å². The molecule has 2 atom stereocenters. The summed E-state index contributed by atoms with van der Waals surface area (Å²) in [6.07, 6.45) is 7.27. The van der Waals surface area contributed by atoms with Gasteiger partial charge < -0.3 is 10.3 Å². The van der Waals surface area contributed by atoms with E-state index in [1.54, 1.807) is 30.6 Å². The second-order valence-corrected chi connectivity index (χ2v) is 10.9. The summed E-state index contributed by atoms with van der Waals surface area (Å²) < 4.78 is 29.5. The van der Waals surface area contributed by atoms with Crippen LogP contribution in [0.5, 0.6) is 0 Å². The van der Waals surface area contributed by atoms with Gasteiger partial charge in [0, 0.05) is 12.4 Å². The number of sulfonamides is 1. The van der Waals surface area contributed by atoms with Crippen molar-refractivity contribution in [2.75, 3.05) is 11.3 Å². The first-order valence-corrected chi connectivity index (χ1v) is 13.9. The third-order valence-corrected chi connectivity index (χ3v) is 8.03. The van der Waals surface area contributed by atoms with Crippen molar-refractivity contribution in [1.29, 1.82) is 0 Å². The van der Waals surface area contributed by atoms with E-state index >= 15 is 0 Å². The minimum atomic E-state index is -3.73. The molecule has 1 aliphatic carbocycles. The molecule has 3 aromatic heterocycles. The maximum Gasteiger partial charge on any atom is 0.249 e. The van der Waals surface area contributed by atoms with Gasteiger partial charge in [0.25, 0.3) is 0 Å². The lowest BCUT2D eigenvalue weighted by Gasteiger charge is -2.29. The number of para-hydroxylation sites is 2. The predicted molar refractivity (Wildman–Crippen MR) is 141 cm³/mol. The van der Waals surface area contributed by atoms with Crippen LogP contribution >= 0.6 is 0 Å². The van der Waals surface area contributed by atoms with Crippen LogP contribution in [-0.2, 0) is 23.0 Å². The standard InChI is InChI=1S/C26H31N7O2S/c34-36(35,33-23-13-3-4-16-28-23)25(32-22-12-5-8-19-9-6-17-29-26(19)22)14-7-15-27-18-24-30-20-10-1-2-11-21(20)31-24/h1-4,6,9-11,13,16-17,22,25,27,32H,5,7-8,12,14-15,18H2,(H,28,33)(H,30,31). The van der Waals surface area contributed by atoms with E-state index in [1.165, 1.54) is 5.56 Å². The van der Waals surface area contributed by atoms with Gasteiger partial charge in [-0.15, -0.1) is 0 Å². The highest BCUT2D eigenvalue weighted by molar-refractivity contribution is 7.93. The van der Waals surface area contributed by atoms with Crippen LogP contribution in [0.1, 0.15) is 48.8 Å². The van der Waals surface area contributed by atoms with Crippen LogP contribution in [0, 0.1) is 0 Å². The Hall–Kier alpha value is -3.34. The number of aromatic amines is 1. The van der Waals surface area contributed by atoms with Crippen LogP contribution in [-0.4, -0.2) is 40.3 Å². The van der Waals surface area contributed by atoms with Crippen molar-refractivity contribution in [3.05, 3.63) is 84.1 Å². The number of hydrogen-bond donors (Lipinski definition) is 4. The number of benzene rings is 1. The van der Waals surface area contributed by atoms with Gasteiger partial charge in [0.1, 0.15) is 17.0 Å². The van der Waals surface area contributed by atoms with Crippen molar-refractivity contribution >= 4 is 26.9 Å². The molecule has 0 bridgehead atoms. The third kappa shape index (κ3) is 5.89. The average molecular weight is 506 g/mol. The summed E-state index contributed by atoms with van der Waals surface area (Å²) in [7, 11) is -3.73. The topological polar surface area (TPSA) is 125 Å². The molecule has 5 rings (SSSR count). The van der Waals surface area contributed by atoms with Crippen LogP contribution in [0.15, 0.2) is 67.0 Å². The summed E-state index contributed by atoms with van der Waals surface area (Å²) in [5.41, 5.74) is 4.07. The minimum absolute atomic E-state index is 0.108. The summed E-state index contributed by atoms with van der Waals surface area (Å²) in [5.74, 6) is 1.18. The van der Waals surface area contributed by atoms with Crippen LogP contribution in [0.4, 0.5) is 5.82 Å². The summed E-state index contributed by atoms with van der Waals surface area (Å²) >= 11 is 0. The molecule has 188 valence electrons. The molecule has 0 saturated carbocycles. The Balaban J connectivity index is 1.24. The van der Waals surface area contributed by atoms with Gasteiger partial charge in [-0.25, -0.2) is 18.4 Å². The quantitative estimate of drug-likeness (QED) is 0.229. The normalized spacial score (nSPS) is 16.5. The molecular weight excluding hydrogens is 474 g/mol. The minimum Gasteiger partial charge on any atom is -0.341 e. The molecule has 10 heteroatoms. The van der Waals surface area contributed by atoms with E-state index in [0.29, 0.717) is 31.7 Å². The Bertz CT molecular complexity index is 1360. The van der Waals surface area contributed by atoms with Gasteiger partial charge in [-0.2, -0.15) is 0 Å². The van der Waals surface area contributed by atoms with E-state index in [2.05, 4.69) is 41.4 Å². The highest BCUT2D eigenvalue weighted by Gasteiger charge is 2.31. The zero-order valence-corrected chi connectivity index (χ0v) is 20.8. The summed E-state index contributed by atoms with van der Waals surface area (Å²) in [6.45, 7) is 1.25. The second-order valence-electron chi connectivity index (χ2n) is 9.03. The molecule has 9 nitrogen and oxygen atoms in total. The van der Waals surface area contributed by atoms with Gasteiger partial charge >= 0.3 is 0 Å². The molecule has 0 amide bonds. The number of imidazole rings is 1. The highest BCUT2D eigenvalue weighted by atomic mass is 32.2. The number of H-pyrrole nitrogens is 1. The number of fused-ring (bicyclic) bond motifs is 2. The molecule has 4 aromatic rings. The van der Waals surface area contributed by atoms with Crippen LogP contribution in [0.3, 0.4) is 0 Å². The molecule has 0 saturated heterocycles. The van der Waals surface area contributed by atoms with E-state index in [9.17, 15) is 8.42 Å². The number of pyridine rings is 2. The van der Waals surface area contributed by atoms with Crippen LogP contribution < -0.4 is 15.4 Å². The number of aromatic nitrogens is 4. The zero-order chi connectivity index (χ0) is 24.8. The molecule has 0 radical (unpaired) electrons. The lowest BCUT2D eigenvalue weighted by atomic mass is 9.92. The summed E-state index contributed by atoms with van der Waals surface area (Å²) in [5, 5.41) is 6.00. The van der Waals surface area contributed by atoms with Crippen LogP contribution in [0.25, 0.3) is 11.0 Å². The molecule has 3 heterocycles. The smallest absolute Gasteiger partial charge is 0.249 e. The fraction of sp³-hybridized carbons (Fsp3) is 0.346. The number of aryl methyl sites for hydroxylation is 1. The Kier molecular flexibility index (Phi) is 7.55. The van der Waals surface area contributed by atoms with Gasteiger partial charge in [-0.1, -0.05) is 24.3 Å². The SMILES string of the molecule is O=S(=O)(Nc1ccccn1)C(CCCNCc1nc2ccccc2[nH]1)NC1CCCc2cccnc21. The highest BCUT2D eigenvalue weighted by Crippen LogP contribution is 2.29. The molecule has 36 heavy (non-hydrogen) atoms. The van der Waals surface area contributed by atoms with Gasteiger partial charge in [-0.05, 0) is 74.5 Å². The van der Waals surface area contributed by atoms with Crippen molar-refractivity contribution in [1.82, 2.24) is 30.6 Å². The first-order valence-electron chi connectivity index (χ1n) is 12.4. The average Bonchev–Trinajstić information content (AvgIpc) is 3.31. The molecular formula is C26H31N7O2S. The lowest BCUT2D eigenvalue weighted by Crippen LogP contribution is -2.43. The van der Waals surface area contributed by atoms with Gasteiger partial charge in [0.15, 0.2) is 0 Å². The first-order chi connectivity index (χ1) is 17.6. The van der Waals surface area contributed by atoms with Crippen molar-refractivity contribution in [2.24, 2.45) is 0 Å². The zero-order valence-electron chi connectivity index (χ0n) is 20.0. The maximum absolute atomic E-state index is 13.4. The van der Waals surface area contributed by atoms with Gasteiger partial charge in [0.05, 0.1) is 29.3 Å². The fourth-order valence-corrected chi connectivity index (χ4v) is 6.05. The molecule has 1 aliphatic rings. The Morgan fingerprint density at radius 1 is 1.03 bits per heavy atom. The van der Waals surface area contributed by atoms with Crippen molar-refractivity contribution < 1.29 is 8.42 Å². The molecule has 2 unspecified atom stereocenters. The van der Waals surface area contributed by atoms with Gasteiger partial charge in [0.2, 0.25) is 10.0 Å². The predicted octanol–water partition coefficient (Wildman–Crippen LogP) is 3.66. The maximum atomic E-state index is 13.4. The number of nitrogens with one attached hydrogen (secondary N) is 4. The molecule has 1 aromatic carbocycles. The summed E-state index contributed by atoms with van der Waals surface area (Å²) in [4.78, 5) is 16.6. The van der Waals surface area contributed by atoms with Crippen LogP contribution in [0.2, 0.25) is 0 Å². The molecule has 4 N–H and O–H groups in total. The molecule has 0 spiro atoms. The van der Waals surface area contributed by atoms with Crippen molar-refractivity contribution in [3.63, 3.8) is 0 Å². The third-order valence-electron chi connectivity index (χ3n) is 6.42. The van der Waals surface area contributed by atoms with Gasteiger partial charge in [-0.3, -0.25) is 15.0 Å². The first kappa shape index (κ1) is 24.4. The van der Waals surface area contributed by atoms with E-state index in [4.69, 9.17) is 0 Å². The number of hydrogen-bond acceptors (Lipinski definition) is 7. The number of rotatable bonds is 11. The lowest BCUT2D eigenvalue weighted by molar-refractivity contribution is 0.410. The molecule has 0 fully saturated rings. The number of nitrogens with zero attached hydrogens (tertiary/aromatic N) is 3. The Morgan fingerprint density at radius 2 is 1.89 bits per heavy atom.